The van der Waals surface area contributed by atoms with Gasteiger partial charge in [0.25, 0.3) is 7.98 Å². The van der Waals surface area contributed by atoms with Crippen molar-refractivity contribution in [3.63, 3.8) is 0 Å². The first-order chi connectivity index (χ1) is 27.0. The topological polar surface area (TPSA) is 106 Å². The molecule has 0 atom stereocenters. The smallest absolute Gasteiger partial charge is 0.337 e. The monoisotopic (exact) mass is 1230 g/mol. The maximum atomic E-state index is 12.1. The van der Waals surface area contributed by atoms with Gasteiger partial charge in [-0.2, -0.15) is 27.8 Å². The summed E-state index contributed by atoms with van der Waals surface area (Å²) in [5.74, 6) is -0.886. The van der Waals surface area contributed by atoms with Gasteiger partial charge in [-0.05, 0) is 112 Å². The number of fused-ring (bicyclic) bond motifs is 4. The molecule has 0 saturated carbocycles. The summed E-state index contributed by atoms with van der Waals surface area (Å²) < 4.78 is 6.56. The number of aromatic carboxylic acids is 1. The Hall–Kier alpha value is -2.46. The van der Waals surface area contributed by atoms with Crippen LogP contribution in [-0.2, 0) is 0 Å². The second-order valence-electron chi connectivity index (χ2n) is 11.4. The molecule has 1 aliphatic rings. The minimum absolute atomic E-state index is 0. The van der Waals surface area contributed by atoms with E-state index in [4.69, 9.17) is 13.1 Å². The summed E-state index contributed by atoms with van der Waals surface area (Å²) >= 11 is 17.6. The number of carboxylic acid groups (broad SMARTS) is 1. The summed E-state index contributed by atoms with van der Waals surface area (Å²) in [4.78, 5) is 43.6. The van der Waals surface area contributed by atoms with Crippen LogP contribution < -0.4 is 5.43 Å². The number of carboxylic acids is 1. The Morgan fingerprint density at radius 2 is 1.61 bits per heavy atom. The van der Waals surface area contributed by atoms with Crippen molar-refractivity contribution in [3.05, 3.63) is 139 Å². The van der Waals surface area contributed by atoms with E-state index < -0.39 is 5.97 Å². The molecule has 7 nitrogen and oxygen atoms in total. The number of carbonyl (C=O) groups excluding carboxylic acids is 2. The molecule has 10 rings (SSSR count). The third-order valence-corrected chi connectivity index (χ3v) is 16.7. The third kappa shape index (κ3) is 10.7. The number of halogens is 2. The largest absolute Gasteiger partial charge is 0.478 e. The zero-order chi connectivity index (χ0) is 39.9. The molecular weight excluding hydrogens is 1210 g/mol. The first kappa shape index (κ1) is 45.6. The van der Waals surface area contributed by atoms with Gasteiger partial charge in [-0.25, -0.2) is 4.79 Å². The summed E-state index contributed by atoms with van der Waals surface area (Å²) in [5, 5.41) is 27.0. The third-order valence-electron chi connectivity index (χ3n) is 7.85. The van der Waals surface area contributed by atoms with Crippen LogP contribution in [0.25, 0.3) is 41.6 Å². The Labute approximate surface area is 396 Å². The molecule has 0 aliphatic carbocycles. The van der Waals surface area contributed by atoms with E-state index in [1.54, 1.807) is 57.6 Å². The second-order valence-corrected chi connectivity index (χ2v) is 21.0. The van der Waals surface area contributed by atoms with E-state index in [-0.39, 0.29) is 36.5 Å². The molecule has 0 bridgehead atoms. The molecule has 18 heteroatoms. The van der Waals surface area contributed by atoms with Crippen molar-refractivity contribution in [3.8, 4) is 11.3 Å². The standard InChI is InChI=1S/C12H7BN2S2.C12H7OS2.C5H3BrO2S.C5H3BrOS.C5H4OS.U/c1-6-2-3-8-9-10(14-15(8)13)7-4-5-16-12(7)17-11(6)9;1-7-3-2-4-8-10(13)9-5-6-14-12(9)15-11(7)8;6-4-3(5(7)8)1-2-9-4;6-5-4(3-7)1-2-8-5;6-3-5-1-2-7-4-5;/h2-5H,1H3;2-3,5-6H,1H3;1-2H,(H,7,8);1-3H;1-4H;/q;-1;;;;. The van der Waals surface area contributed by atoms with Crippen molar-refractivity contribution >= 4 is 169 Å². The quantitative estimate of drug-likeness (QED) is 0.107. The van der Waals surface area contributed by atoms with E-state index in [2.05, 4.69) is 67.5 Å². The number of aromatic nitrogens is 2. The van der Waals surface area contributed by atoms with Gasteiger partial charge in [0.2, 0.25) is 0 Å². The van der Waals surface area contributed by atoms with E-state index in [0.717, 1.165) is 63.7 Å². The molecule has 1 N–H and O–H groups in total. The Morgan fingerprint density at radius 3 is 2.21 bits per heavy atom. The van der Waals surface area contributed by atoms with Crippen LogP contribution in [0.1, 0.15) is 42.2 Å². The fourth-order valence-electron chi connectivity index (χ4n) is 5.10. The molecule has 2 aromatic carbocycles. The van der Waals surface area contributed by atoms with Crippen LogP contribution in [0.3, 0.4) is 0 Å². The van der Waals surface area contributed by atoms with Gasteiger partial charge in [0.1, 0.15) is 11.1 Å². The summed E-state index contributed by atoms with van der Waals surface area (Å²) in [5.41, 5.74) is 7.63. The van der Waals surface area contributed by atoms with Gasteiger partial charge >= 0.3 is 5.97 Å². The van der Waals surface area contributed by atoms with Crippen LogP contribution in [0.15, 0.2) is 108 Å². The zero-order valence-corrected chi connectivity index (χ0v) is 42.5. The molecule has 8 heterocycles. The number of hydrogen-bond donors (Lipinski definition) is 1. The molecule has 7 aromatic heterocycles. The Bertz CT molecular complexity index is 2880. The molecule has 0 amide bonds. The van der Waals surface area contributed by atoms with Gasteiger partial charge in [-0.3, -0.25) is 9.59 Å². The SMILES string of the molecule is Cc1cc[c-]c2c(=O)c3ccsc3sc12.O=C(O)c1ccsc1Br.O=Cc1ccsc1.O=Cc1ccsc1Br.[B]n1nc2c3c(c(C)ccc31)Sc1sccc1-2.[U]. The minimum atomic E-state index is -0.886. The Balaban J connectivity index is 0.000000142. The molecule has 0 fully saturated rings. The van der Waals surface area contributed by atoms with E-state index in [1.165, 1.54) is 64.2 Å². The van der Waals surface area contributed by atoms with Crippen molar-refractivity contribution in [2.45, 2.75) is 23.0 Å². The molecule has 9 aromatic rings. The average molecular weight is 1230 g/mol. The number of rotatable bonds is 3. The molecule has 0 spiro atoms. The van der Waals surface area contributed by atoms with Gasteiger partial charge in [0.05, 0.1) is 26.9 Å². The Kier molecular flexibility index (Phi) is 16.9. The molecule has 1 aliphatic heterocycles. The van der Waals surface area contributed by atoms with Gasteiger partial charge in [-0.15, -0.1) is 69.1 Å². The van der Waals surface area contributed by atoms with Crippen LogP contribution in [-0.4, -0.2) is 41.3 Å². The molecule has 2 radical (unpaired) electrons. The number of hydrogen-bond acceptors (Lipinski definition) is 12. The summed E-state index contributed by atoms with van der Waals surface area (Å²) in [6.45, 7) is 4.17. The first-order valence-corrected chi connectivity index (χ1v) is 23.7. The predicted molar refractivity (Wildman–Crippen MR) is 246 cm³/mol. The van der Waals surface area contributed by atoms with E-state index in [1.807, 2.05) is 64.5 Å². The van der Waals surface area contributed by atoms with Gasteiger partial charge in [0.15, 0.2) is 12.6 Å². The number of aryl methyl sites for hydroxylation is 2. The molecule has 0 saturated heterocycles. The van der Waals surface area contributed by atoms with Crippen LogP contribution in [0.2, 0.25) is 0 Å². The number of thiophene rings is 5. The Morgan fingerprint density at radius 1 is 0.877 bits per heavy atom. The summed E-state index contributed by atoms with van der Waals surface area (Å²) in [6, 6.07) is 20.2. The van der Waals surface area contributed by atoms with E-state index in [9.17, 15) is 19.2 Å². The van der Waals surface area contributed by atoms with Crippen LogP contribution in [0, 0.1) is 51.0 Å². The van der Waals surface area contributed by atoms with Crippen molar-refractivity contribution in [2.24, 2.45) is 0 Å². The van der Waals surface area contributed by atoms with Crippen molar-refractivity contribution < 1.29 is 50.6 Å². The fourth-order valence-corrected chi connectivity index (χ4v) is 12.5. The second kappa shape index (κ2) is 21.2. The normalized spacial score (nSPS) is 10.7. The van der Waals surface area contributed by atoms with Crippen LogP contribution >= 0.6 is 112 Å². The number of carbonyl (C=O) groups is 3. The van der Waals surface area contributed by atoms with E-state index >= 15 is 0 Å². The predicted octanol–water partition coefficient (Wildman–Crippen LogP) is 13.1. The van der Waals surface area contributed by atoms with Crippen molar-refractivity contribution in [1.82, 2.24) is 9.69 Å². The summed E-state index contributed by atoms with van der Waals surface area (Å²) in [7, 11) is 5.92. The van der Waals surface area contributed by atoms with Gasteiger partial charge in [0, 0.05) is 68.9 Å². The van der Waals surface area contributed by atoms with Crippen molar-refractivity contribution in [1.29, 1.82) is 0 Å². The summed E-state index contributed by atoms with van der Waals surface area (Å²) in [6.07, 6.45) is 1.68. The number of benzene rings is 2. The molecular formula is C39H24BBr2N2O5S7U-. The molecule has 284 valence electrons. The molecule has 0 unspecified atom stereocenters. The maximum absolute atomic E-state index is 12.1. The van der Waals surface area contributed by atoms with Crippen LogP contribution in [0.5, 0.6) is 0 Å². The molecule has 57 heavy (non-hydrogen) atoms. The van der Waals surface area contributed by atoms with E-state index in [0.29, 0.717) is 9.35 Å². The zero-order valence-electron chi connectivity index (χ0n) is 29.5. The first-order valence-electron chi connectivity index (χ1n) is 16.0. The van der Waals surface area contributed by atoms with Gasteiger partial charge < -0.3 is 14.5 Å². The number of aldehydes is 2. The van der Waals surface area contributed by atoms with Crippen LogP contribution in [0.4, 0.5) is 0 Å². The minimum Gasteiger partial charge on any atom is -0.478 e. The van der Waals surface area contributed by atoms with Crippen molar-refractivity contribution in [2.75, 3.05) is 0 Å². The average Bonchev–Trinajstić information content (AvgIpc) is 4.04. The maximum Gasteiger partial charge on any atom is 0.337 e. The van der Waals surface area contributed by atoms with Gasteiger partial charge in [-0.1, -0.05) is 30.1 Å². The fraction of sp³-hybridized carbons (Fsp3) is 0.0513. The number of nitrogens with zero attached hydrogens (tertiary/aromatic N) is 2.